The number of hydrogen-bond donors (Lipinski definition) is 2. The largest absolute Gasteiger partial charge is 0.472 e. The Hall–Kier alpha value is -4.37. The third-order valence-electron chi connectivity index (χ3n) is 16.9. The first-order valence-corrected chi connectivity index (χ1v) is 41.5. The smallest absolute Gasteiger partial charge is 0.462 e. The van der Waals surface area contributed by atoms with Crippen molar-refractivity contribution in [2.75, 3.05) is 26.4 Å². The molecular formula is C87H148NO8P. The van der Waals surface area contributed by atoms with Gasteiger partial charge < -0.3 is 20.1 Å². The molecule has 2 atom stereocenters. The van der Waals surface area contributed by atoms with Gasteiger partial charge in [0.25, 0.3) is 0 Å². The van der Waals surface area contributed by atoms with E-state index in [1.165, 1.54) is 193 Å². The van der Waals surface area contributed by atoms with Gasteiger partial charge in [0.05, 0.1) is 13.2 Å². The number of carbonyl (C=O) groups excluding carboxylic acids is 2. The van der Waals surface area contributed by atoms with Gasteiger partial charge in [0.15, 0.2) is 6.10 Å². The lowest BCUT2D eigenvalue weighted by Crippen LogP contribution is -2.29. The summed E-state index contributed by atoms with van der Waals surface area (Å²) in [5, 5.41) is 0. The van der Waals surface area contributed by atoms with E-state index in [0.717, 1.165) is 122 Å². The molecule has 0 aliphatic rings. The first kappa shape index (κ1) is 92.6. The first-order valence-electron chi connectivity index (χ1n) is 40.0. The van der Waals surface area contributed by atoms with Crippen molar-refractivity contribution in [3.63, 3.8) is 0 Å². The van der Waals surface area contributed by atoms with E-state index in [1.807, 2.05) is 0 Å². The van der Waals surface area contributed by atoms with Crippen LogP contribution in [0, 0.1) is 0 Å². The van der Waals surface area contributed by atoms with Crippen LogP contribution in [0.1, 0.15) is 348 Å². The Morgan fingerprint density at radius 2 is 0.567 bits per heavy atom. The lowest BCUT2D eigenvalue weighted by Gasteiger charge is -2.19. The van der Waals surface area contributed by atoms with Gasteiger partial charge >= 0.3 is 19.8 Å². The lowest BCUT2D eigenvalue weighted by molar-refractivity contribution is -0.161. The molecule has 3 N–H and O–H groups in total. The van der Waals surface area contributed by atoms with Crippen LogP contribution in [0.15, 0.2) is 158 Å². The zero-order chi connectivity index (χ0) is 70.0. The normalized spacial score (nSPS) is 13.7. The summed E-state index contributed by atoms with van der Waals surface area (Å²) >= 11 is 0. The Bertz CT molecular complexity index is 2160. The fraction of sp³-hybridized carbons (Fsp3) is 0.678. The number of ether oxygens (including phenoxy) is 2. The van der Waals surface area contributed by atoms with Gasteiger partial charge in [-0.25, -0.2) is 4.57 Å². The van der Waals surface area contributed by atoms with Crippen molar-refractivity contribution in [3.05, 3.63) is 158 Å². The second kappa shape index (κ2) is 80.6. The lowest BCUT2D eigenvalue weighted by atomic mass is 10.0. The Balaban J connectivity index is 3.88. The average Bonchev–Trinajstić information content (AvgIpc) is 2.69. The zero-order valence-corrected chi connectivity index (χ0v) is 63.4. The number of hydrogen-bond acceptors (Lipinski definition) is 8. The molecule has 0 heterocycles. The minimum atomic E-state index is -4.41. The molecule has 0 radical (unpaired) electrons. The topological polar surface area (TPSA) is 134 Å². The Morgan fingerprint density at radius 3 is 0.845 bits per heavy atom. The number of rotatable bonds is 74. The van der Waals surface area contributed by atoms with E-state index in [1.54, 1.807) is 0 Å². The van der Waals surface area contributed by atoms with Crippen LogP contribution >= 0.6 is 7.82 Å². The number of phosphoric ester groups is 1. The standard InChI is InChI=1S/C87H148NO8P/c1-3-5-7-9-11-13-15-17-19-21-23-25-27-29-31-33-35-37-39-40-41-42-43-44-46-47-49-51-53-55-57-59-61-63-65-67-69-71-73-75-77-79-86(89)93-83-85(84-95-97(91,92)94-82-81-88)96-87(90)80-78-76-74-72-70-68-66-64-62-60-58-56-54-52-50-48-45-38-36-34-32-30-28-26-24-22-20-18-16-14-12-10-8-6-4-2/h6,8,12,14-15,17-18,20-21,23-24,26-27,29-30,32,36,38,48,50,54,56,60,62,66,68,85H,3-5,7,9-11,13,16,19,22,25,28,31,33-35,37,39-47,49,51-53,55,57-59,61,63-65,67,69-84,88H2,1-2H3,(H,91,92)/b8-6-,14-12-,17-15-,20-18-,23-21-,26-24-,29-27-,32-30-,38-36-,50-48-,56-54-,62-60-,68-66-. The minimum Gasteiger partial charge on any atom is -0.462 e. The molecule has 97 heavy (non-hydrogen) atoms. The van der Waals surface area contributed by atoms with Crippen LogP contribution in [0.25, 0.3) is 0 Å². The Kier molecular flexibility index (Phi) is 77.0. The van der Waals surface area contributed by atoms with Gasteiger partial charge in [-0.05, 0) is 128 Å². The molecule has 554 valence electrons. The van der Waals surface area contributed by atoms with Crippen molar-refractivity contribution in [1.82, 2.24) is 0 Å². The number of nitrogens with two attached hydrogens (primary N) is 1. The maximum atomic E-state index is 12.8. The highest BCUT2D eigenvalue weighted by Crippen LogP contribution is 2.43. The summed E-state index contributed by atoms with van der Waals surface area (Å²) in [6.07, 6.45) is 118. The van der Waals surface area contributed by atoms with Crippen molar-refractivity contribution in [2.24, 2.45) is 5.73 Å². The minimum absolute atomic E-state index is 0.0426. The highest BCUT2D eigenvalue weighted by atomic mass is 31.2. The molecule has 0 spiro atoms. The van der Waals surface area contributed by atoms with Crippen molar-refractivity contribution in [1.29, 1.82) is 0 Å². The van der Waals surface area contributed by atoms with E-state index < -0.39 is 26.5 Å². The van der Waals surface area contributed by atoms with Crippen molar-refractivity contribution < 1.29 is 37.6 Å². The van der Waals surface area contributed by atoms with E-state index in [9.17, 15) is 19.0 Å². The van der Waals surface area contributed by atoms with Crippen LogP contribution in [0.3, 0.4) is 0 Å². The molecule has 9 nitrogen and oxygen atoms in total. The van der Waals surface area contributed by atoms with Crippen molar-refractivity contribution >= 4 is 19.8 Å². The van der Waals surface area contributed by atoms with E-state index in [0.29, 0.717) is 6.42 Å². The summed E-state index contributed by atoms with van der Waals surface area (Å²) in [7, 11) is -4.41. The monoisotopic (exact) mass is 1370 g/mol. The fourth-order valence-electron chi connectivity index (χ4n) is 11.0. The number of allylic oxidation sites excluding steroid dienone is 26. The average molecular weight is 1370 g/mol. The number of unbranched alkanes of at least 4 members (excludes halogenated alkanes) is 35. The summed E-state index contributed by atoms with van der Waals surface area (Å²) in [6, 6.07) is 0. The second-order valence-electron chi connectivity index (χ2n) is 26.2. The molecule has 2 unspecified atom stereocenters. The zero-order valence-electron chi connectivity index (χ0n) is 62.5. The number of esters is 2. The molecule has 0 fully saturated rings. The molecule has 0 saturated carbocycles. The predicted octanol–water partition coefficient (Wildman–Crippen LogP) is 27.1. The van der Waals surface area contributed by atoms with E-state index in [4.69, 9.17) is 24.3 Å². The highest BCUT2D eigenvalue weighted by Gasteiger charge is 2.26. The molecule has 0 bridgehead atoms. The van der Waals surface area contributed by atoms with Crippen LogP contribution in [-0.4, -0.2) is 49.3 Å². The van der Waals surface area contributed by atoms with Gasteiger partial charge in [0.2, 0.25) is 0 Å². The summed E-state index contributed by atoms with van der Waals surface area (Å²) in [5.74, 6) is -0.855. The van der Waals surface area contributed by atoms with Gasteiger partial charge in [0.1, 0.15) is 6.61 Å². The third-order valence-corrected chi connectivity index (χ3v) is 17.9. The third kappa shape index (κ3) is 80.5. The first-order chi connectivity index (χ1) is 47.8. The fourth-order valence-corrected chi connectivity index (χ4v) is 11.8. The number of carbonyl (C=O) groups is 2. The quantitative estimate of drug-likeness (QED) is 0.0264. The molecule has 0 rings (SSSR count). The molecule has 0 aromatic rings. The van der Waals surface area contributed by atoms with Crippen LogP contribution in [0.2, 0.25) is 0 Å². The maximum absolute atomic E-state index is 12.8. The molecule has 10 heteroatoms. The molecule has 0 aliphatic carbocycles. The van der Waals surface area contributed by atoms with Gasteiger partial charge in [-0.1, -0.05) is 364 Å². The van der Waals surface area contributed by atoms with Gasteiger partial charge in [-0.3, -0.25) is 18.6 Å². The highest BCUT2D eigenvalue weighted by molar-refractivity contribution is 7.47. The van der Waals surface area contributed by atoms with Crippen LogP contribution in [0.5, 0.6) is 0 Å². The summed E-state index contributed by atoms with van der Waals surface area (Å²) in [5.41, 5.74) is 5.41. The van der Waals surface area contributed by atoms with Crippen LogP contribution in [0.4, 0.5) is 0 Å². The molecule has 0 saturated heterocycles. The molecule has 0 aliphatic heterocycles. The van der Waals surface area contributed by atoms with Crippen LogP contribution in [-0.2, 0) is 32.7 Å². The molecule has 0 aromatic heterocycles. The second-order valence-corrected chi connectivity index (χ2v) is 27.7. The van der Waals surface area contributed by atoms with Crippen molar-refractivity contribution in [3.8, 4) is 0 Å². The van der Waals surface area contributed by atoms with Gasteiger partial charge in [0, 0.05) is 19.4 Å². The summed E-state index contributed by atoms with van der Waals surface area (Å²) in [4.78, 5) is 35.4. The van der Waals surface area contributed by atoms with Crippen molar-refractivity contribution in [2.45, 2.75) is 354 Å². The van der Waals surface area contributed by atoms with Crippen LogP contribution < -0.4 is 5.73 Å². The predicted molar refractivity (Wildman–Crippen MR) is 422 cm³/mol. The molecule has 0 aromatic carbocycles. The van der Waals surface area contributed by atoms with E-state index in [-0.39, 0.29) is 38.6 Å². The molecule has 0 amide bonds. The Morgan fingerprint density at radius 1 is 0.320 bits per heavy atom. The molecular weight excluding hydrogens is 1220 g/mol. The Labute approximate surface area is 598 Å². The maximum Gasteiger partial charge on any atom is 0.472 e. The van der Waals surface area contributed by atoms with Gasteiger partial charge in [-0.2, -0.15) is 0 Å². The summed E-state index contributed by atoms with van der Waals surface area (Å²) in [6.45, 7) is 3.61. The summed E-state index contributed by atoms with van der Waals surface area (Å²) < 4.78 is 33.2. The number of phosphoric acid groups is 1. The van der Waals surface area contributed by atoms with Gasteiger partial charge in [-0.15, -0.1) is 0 Å². The SMILES string of the molecule is CC/C=C\C/C=C\C/C=C\C/C=C\C/C=C\C/C=C\C/C=C\C/C=C\C/C=C\C/C=C\CCCCCCC(=O)OC(COC(=O)CCCCCCCCCCCCCCCCCCCCCCCCCCCC/C=C\C/C=C\C/C=C\CCCCCCC)COP(=O)(O)OCCN. The van der Waals surface area contributed by atoms with E-state index >= 15 is 0 Å². The van der Waals surface area contributed by atoms with E-state index in [2.05, 4.69) is 172 Å².